The molecule has 0 atom stereocenters. The summed E-state index contributed by atoms with van der Waals surface area (Å²) in [6, 6.07) is 4.02. The van der Waals surface area contributed by atoms with E-state index >= 15 is 0 Å². The molecular formula is C13H11FN2O4. The van der Waals surface area contributed by atoms with Crippen LogP contribution in [0.2, 0.25) is 0 Å². The minimum atomic E-state index is -1.14. The Morgan fingerprint density at radius 2 is 2.25 bits per heavy atom. The van der Waals surface area contributed by atoms with Gasteiger partial charge in [-0.15, -0.1) is 0 Å². The molecule has 2 aromatic rings. The van der Waals surface area contributed by atoms with Crippen LogP contribution < -0.4 is 4.74 Å². The van der Waals surface area contributed by atoms with Crippen molar-refractivity contribution < 1.29 is 23.8 Å². The Morgan fingerprint density at radius 1 is 1.45 bits per heavy atom. The quantitative estimate of drug-likeness (QED) is 0.906. The third kappa shape index (κ3) is 2.01. The second kappa shape index (κ2) is 4.61. The van der Waals surface area contributed by atoms with E-state index in [-0.39, 0.29) is 19.1 Å². The van der Waals surface area contributed by atoms with Crippen LogP contribution in [-0.2, 0) is 18.4 Å². The van der Waals surface area contributed by atoms with E-state index in [1.807, 2.05) is 0 Å². The lowest BCUT2D eigenvalue weighted by Gasteiger charge is -2.20. The van der Waals surface area contributed by atoms with Gasteiger partial charge in [0.25, 0.3) is 0 Å². The lowest BCUT2D eigenvalue weighted by atomic mass is 10.0. The third-order valence-corrected chi connectivity index (χ3v) is 3.05. The number of hydrogen-bond donors (Lipinski definition) is 1. The average Bonchev–Trinajstić information content (AvgIpc) is 2.80. The Bertz CT molecular complexity index is 696. The first-order chi connectivity index (χ1) is 9.56. The van der Waals surface area contributed by atoms with Crippen LogP contribution in [0.15, 0.2) is 18.2 Å². The monoisotopic (exact) mass is 278 g/mol. The summed E-state index contributed by atoms with van der Waals surface area (Å²) in [5, 5.41) is 12.8. The van der Waals surface area contributed by atoms with Gasteiger partial charge in [-0.3, -0.25) is 4.68 Å². The number of nitrogens with zero attached hydrogens (tertiary/aromatic N) is 2. The third-order valence-electron chi connectivity index (χ3n) is 3.05. The summed E-state index contributed by atoms with van der Waals surface area (Å²) >= 11 is 0. The van der Waals surface area contributed by atoms with Gasteiger partial charge < -0.3 is 14.6 Å². The summed E-state index contributed by atoms with van der Waals surface area (Å²) < 4.78 is 25.6. The largest absolute Gasteiger partial charge is 0.476 e. The maximum atomic E-state index is 13.7. The van der Waals surface area contributed by atoms with Gasteiger partial charge >= 0.3 is 5.97 Å². The second-order valence-corrected chi connectivity index (χ2v) is 4.40. The molecule has 104 valence electrons. The summed E-state index contributed by atoms with van der Waals surface area (Å²) in [6.07, 6.45) is 0. The molecule has 6 nitrogen and oxygen atoms in total. The van der Waals surface area contributed by atoms with Gasteiger partial charge in [-0.1, -0.05) is 0 Å². The molecular weight excluding hydrogens is 267 g/mol. The zero-order chi connectivity index (χ0) is 14.3. The fraction of sp³-hybridized carbons (Fsp3) is 0.231. The molecule has 0 saturated carbocycles. The van der Waals surface area contributed by atoms with Gasteiger partial charge in [-0.2, -0.15) is 5.10 Å². The lowest BCUT2D eigenvalue weighted by molar-refractivity contribution is -0.0161. The van der Waals surface area contributed by atoms with Crippen LogP contribution in [0.25, 0.3) is 11.3 Å². The molecule has 1 aromatic heterocycles. The Morgan fingerprint density at radius 3 is 2.95 bits per heavy atom. The first kappa shape index (κ1) is 12.6. The number of aryl methyl sites for hydroxylation is 1. The number of benzene rings is 1. The summed E-state index contributed by atoms with van der Waals surface area (Å²) in [5.74, 6) is -1.08. The Kier molecular flexibility index (Phi) is 2.90. The molecule has 0 aliphatic carbocycles. The van der Waals surface area contributed by atoms with Crippen LogP contribution in [0.5, 0.6) is 5.75 Å². The molecule has 20 heavy (non-hydrogen) atoms. The van der Waals surface area contributed by atoms with Gasteiger partial charge in [-0.05, 0) is 18.2 Å². The maximum Gasteiger partial charge on any atom is 0.356 e. The summed E-state index contributed by atoms with van der Waals surface area (Å²) in [6.45, 7) is 0.332. The van der Waals surface area contributed by atoms with Crippen molar-refractivity contribution in [2.75, 3.05) is 6.79 Å². The highest BCUT2D eigenvalue weighted by molar-refractivity contribution is 5.87. The van der Waals surface area contributed by atoms with Crippen LogP contribution in [0.3, 0.4) is 0 Å². The smallest absolute Gasteiger partial charge is 0.356 e. The van der Waals surface area contributed by atoms with Crippen molar-refractivity contribution in [3.8, 4) is 17.0 Å². The van der Waals surface area contributed by atoms with E-state index in [4.69, 9.17) is 14.6 Å². The Hall–Kier alpha value is -2.41. The van der Waals surface area contributed by atoms with Crippen molar-refractivity contribution in [3.63, 3.8) is 0 Å². The fourth-order valence-corrected chi connectivity index (χ4v) is 2.19. The molecule has 2 heterocycles. The van der Waals surface area contributed by atoms with Crippen LogP contribution >= 0.6 is 0 Å². The van der Waals surface area contributed by atoms with Crippen molar-refractivity contribution in [1.82, 2.24) is 9.78 Å². The van der Waals surface area contributed by atoms with E-state index in [0.29, 0.717) is 22.6 Å². The highest BCUT2D eigenvalue weighted by Crippen LogP contribution is 2.36. The highest BCUT2D eigenvalue weighted by Gasteiger charge is 2.21. The number of carboxylic acids is 1. The number of ether oxygens (including phenoxy) is 2. The van der Waals surface area contributed by atoms with E-state index in [1.54, 1.807) is 7.05 Å². The van der Waals surface area contributed by atoms with E-state index in [0.717, 1.165) is 0 Å². The van der Waals surface area contributed by atoms with Gasteiger partial charge in [0.05, 0.1) is 12.3 Å². The molecule has 1 N–H and O–H groups in total. The van der Waals surface area contributed by atoms with Crippen LogP contribution in [0.1, 0.15) is 16.1 Å². The van der Waals surface area contributed by atoms with E-state index < -0.39 is 11.8 Å². The first-order valence-electron chi connectivity index (χ1n) is 5.87. The van der Waals surface area contributed by atoms with E-state index in [9.17, 15) is 9.18 Å². The van der Waals surface area contributed by atoms with E-state index in [2.05, 4.69) is 5.10 Å². The molecule has 7 heteroatoms. The Labute approximate surface area is 113 Å². The predicted octanol–water partition coefficient (Wildman–Crippen LogP) is 1.79. The first-order valence-corrected chi connectivity index (χ1v) is 5.87. The van der Waals surface area contributed by atoms with Crippen LogP contribution in [0, 0.1) is 5.82 Å². The molecule has 0 unspecified atom stereocenters. The molecule has 1 aromatic carbocycles. The van der Waals surface area contributed by atoms with Crippen molar-refractivity contribution in [2.45, 2.75) is 6.61 Å². The standard InChI is InChI=1S/C13H11FN2O4/c1-16-11(4-10(15-16)13(17)18)9-3-8(14)2-7-5-19-6-20-12(7)9/h2-4H,5-6H2,1H3,(H,17,18). The second-order valence-electron chi connectivity index (χ2n) is 4.40. The van der Waals surface area contributed by atoms with Gasteiger partial charge in [0.1, 0.15) is 11.6 Å². The SMILES string of the molecule is Cn1nc(C(=O)O)cc1-c1cc(F)cc2c1OCOC2. The normalized spacial score (nSPS) is 13.7. The number of fused-ring (bicyclic) bond motifs is 1. The number of rotatable bonds is 2. The zero-order valence-electron chi connectivity index (χ0n) is 10.6. The Balaban J connectivity index is 2.19. The van der Waals surface area contributed by atoms with Crippen LogP contribution in [0.4, 0.5) is 4.39 Å². The predicted molar refractivity (Wildman–Crippen MR) is 65.8 cm³/mol. The van der Waals surface area contributed by atoms with Gasteiger partial charge in [-0.25, -0.2) is 9.18 Å². The van der Waals surface area contributed by atoms with E-state index in [1.165, 1.54) is 22.9 Å². The van der Waals surface area contributed by atoms with Crippen molar-refractivity contribution in [1.29, 1.82) is 0 Å². The van der Waals surface area contributed by atoms with Crippen molar-refractivity contribution in [2.24, 2.45) is 7.05 Å². The van der Waals surface area contributed by atoms with Gasteiger partial charge in [0.15, 0.2) is 12.5 Å². The molecule has 0 spiro atoms. The molecule has 0 saturated heterocycles. The highest BCUT2D eigenvalue weighted by atomic mass is 19.1. The maximum absolute atomic E-state index is 13.7. The number of hydrogen-bond acceptors (Lipinski definition) is 4. The number of carbonyl (C=O) groups is 1. The summed E-state index contributed by atoms with van der Waals surface area (Å²) in [5.41, 5.74) is 1.42. The lowest BCUT2D eigenvalue weighted by Crippen LogP contribution is -2.13. The molecule has 0 radical (unpaired) electrons. The van der Waals surface area contributed by atoms with Crippen molar-refractivity contribution >= 4 is 5.97 Å². The van der Waals surface area contributed by atoms with Crippen molar-refractivity contribution in [3.05, 3.63) is 35.3 Å². The molecule has 0 bridgehead atoms. The molecule has 1 aliphatic rings. The number of aromatic carboxylic acids is 1. The molecule has 3 rings (SSSR count). The molecule has 0 fully saturated rings. The fourth-order valence-electron chi connectivity index (χ4n) is 2.19. The minimum Gasteiger partial charge on any atom is -0.476 e. The topological polar surface area (TPSA) is 73.6 Å². The molecule has 0 amide bonds. The van der Waals surface area contributed by atoms with Crippen LogP contribution in [-0.4, -0.2) is 27.6 Å². The summed E-state index contributed by atoms with van der Waals surface area (Å²) in [7, 11) is 1.60. The van der Waals surface area contributed by atoms with Gasteiger partial charge in [0.2, 0.25) is 0 Å². The summed E-state index contributed by atoms with van der Waals surface area (Å²) in [4.78, 5) is 11.0. The van der Waals surface area contributed by atoms with Gasteiger partial charge in [0, 0.05) is 18.2 Å². The average molecular weight is 278 g/mol. The number of aromatic nitrogens is 2. The minimum absolute atomic E-state index is 0.0786. The molecule has 1 aliphatic heterocycles. The number of halogens is 1. The zero-order valence-corrected chi connectivity index (χ0v) is 10.6. The number of carboxylic acid groups (broad SMARTS) is 1.